The summed E-state index contributed by atoms with van der Waals surface area (Å²) < 4.78 is 6.50. The van der Waals surface area contributed by atoms with Crippen LogP contribution in [0.1, 0.15) is 50.7 Å². The number of aryl methyl sites for hydroxylation is 1. The van der Waals surface area contributed by atoms with Gasteiger partial charge < -0.3 is 10.5 Å². The van der Waals surface area contributed by atoms with E-state index in [1.807, 2.05) is 0 Å². The van der Waals surface area contributed by atoms with Gasteiger partial charge in [0.2, 0.25) is 5.91 Å². The zero-order valence-corrected chi connectivity index (χ0v) is 15.1. The maximum Gasteiger partial charge on any atom is 0.223 e. The maximum absolute atomic E-state index is 12.2. The van der Waals surface area contributed by atoms with E-state index in [-0.39, 0.29) is 11.3 Å². The van der Waals surface area contributed by atoms with Crippen LogP contribution < -0.4 is 10.5 Å². The maximum atomic E-state index is 12.2. The monoisotopic (exact) mass is 365 g/mol. The molecule has 0 radical (unpaired) electrons. The Kier molecular flexibility index (Phi) is 3.79. The van der Waals surface area contributed by atoms with E-state index in [1.54, 1.807) is 7.11 Å². The van der Waals surface area contributed by atoms with Gasteiger partial charge in [-0.05, 0) is 76.2 Å². The number of nitrogens with two attached hydrogens (primary N) is 1. The third kappa shape index (κ3) is 2.10. The number of rotatable bonds is 2. The summed E-state index contributed by atoms with van der Waals surface area (Å²) in [5, 5.41) is 0. The molecule has 1 aromatic rings. The third-order valence-corrected chi connectivity index (χ3v) is 6.81. The fourth-order valence-electron chi connectivity index (χ4n) is 4.92. The molecule has 120 valence electrons. The lowest BCUT2D eigenvalue weighted by molar-refractivity contribution is -0.135. The molecule has 4 heteroatoms. The number of hydrogen-bond acceptors (Lipinski definition) is 2. The van der Waals surface area contributed by atoms with Crippen LogP contribution in [0.4, 0.5) is 0 Å². The van der Waals surface area contributed by atoms with Crippen molar-refractivity contribution < 1.29 is 9.53 Å². The van der Waals surface area contributed by atoms with Crippen LogP contribution in [0.25, 0.3) is 0 Å². The molecule has 3 atom stereocenters. The van der Waals surface area contributed by atoms with E-state index in [9.17, 15) is 4.79 Å². The van der Waals surface area contributed by atoms with Crippen molar-refractivity contribution in [2.75, 3.05) is 7.11 Å². The van der Waals surface area contributed by atoms with Gasteiger partial charge in [0.05, 0.1) is 11.6 Å². The summed E-state index contributed by atoms with van der Waals surface area (Å²) in [6.45, 7) is 4.38. The Bertz CT molecular complexity index is 630. The number of methoxy groups -OCH3 is 1. The molecule has 2 N–H and O–H groups in total. The third-order valence-electron chi connectivity index (χ3n) is 6.19. The molecule has 0 heterocycles. The number of ether oxygens (including phenoxy) is 1. The number of hydrogen-bond donors (Lipinski definition) is 1. The number of amides is 1. The van der Waals surface area contributed by atoms with Crippen LogP contribution in [0.3, 0.4) is 0 Å². The molecule has 2 aliphatic carbocycles. The van der Waals surface area contributed by atoms with E-state index in [2.05, 4.69) is 41.9 Å². The van der Waals surface area contributed by atoms with E-state index < -0.39 is 5.41 Å². The Morgan fingerprint density at radius 1 is 1.36 bits per heavy atom. The molecule has 0 aliphatic heterocycles. The average molecular weight is 366 g/mol. The normalized spacial score (nSPS) is 33.7. The Hall–Kier alpha value is -1.03. The average Bonchev–Trinajstić information content (AvgIpc) is 2.46. The van der Waals surface area contributed by atoms with E-state index >= 15 is 0 Å². The second kappa shape index (κ2) is 5.26. The quantitative estimate of drug-likeness (QED) is 0.862. The lowest BCUT2D eigenvalue weighted by atomic mass is 9.49. The van der Waals surface area contributed by atoms with E-state index in [4.69, 9.17) is 10.5 Å². The van der Waals surface area contributed by atoms with Crippen LogP contribution in [0, 0.1) is 11.3 Å². The number of carbonyl (C=O) groups is 1. The second-order valence-corrected chi connectivity index (χ2v) is 8.14. The molecule has 0 saturated heterocycles. The highest BCUT2D eigenvalue weighted by Crippen LogP contribution is 2.57. The van der Waals surface area contributed by atoms with Gasteiger partial charge >= 0.3 is 0 Å². The topological polar surface area (TPSA) is 52.3 Å². The molecule has 2 aliphatic rings. The fourth-order valence-corrected chi connectivity index (χ4v) is 5.47. The van der Waals surface area contributed by atoms with Crippen LogP contribution in [0.5, 0.6) is 5.75 Å². The van der Waals surface area contributed by atoms with Gasteiger partial charge in [-0.25, -0.2) is 0 Å². The first-order valence-electron chi connectivity index (χ1n) is 8.00. The SMILES string of the molecule is COc1cc2c(cc1Br)CCC1C(C)(C(N)=O)CCCC21C. The van der Waals surface area contributed by atoms with E-state index in [1.165, 1.54) is 11.1 Å². The molecule has 1 saturated carbocycles. The molecule has 3 rings (SSSR count). The predicted octanol–water partition coefficient (Wildman–Crippen LogP) is 3.95. The molecule has 3 nitrogen and oxygen atoms in total. The van der Waals surface area contributed by atoms with Gasteiger partial charge in [0.15, 0.2) is 0 Å². The van der Waals surface area contributed by atoms with Crippen molar-refractivity contribution in [3.8, 4) is 5.75 Å². The summed E-state index contributed by atoms with van der Waals surface area (Å²) in [7, 11) is 1.70. The Balaban J connectivity index is 2.14. The van der Waals surface area contributed by atoms with Gasteiger partial charge in [0.25, 0.3) is 0 Å². The first kappa shape index (κ1) is 15.9. The van der Waals surface area contributed by atoms with Crippen LogP contribution in [-0.2, 0) is 16.6 Å². The number of fused-ring (bicyclic) bond motifs is 3. The summed E-state index contributed by atoms with van der Waals surface area (Å²) in [6.07, 6.45) is 5.09. The zero-order chi connectivity index (χ0) is 16.1. The van der Waals surface area contributed by atoms with Crippen molar-refractivity contribution in [1.82, 2.24) is 0 Å². The van der Waals surface area contributed by atoms with E-state index in [0.29, 0.717) is 5.92 Å². The molecular weight excluding hydrogens is 342 g/mol. The molecule has 0 spiro atoms. The highest BCUT2D eigenvalue weighted by molar-refractivity contribution is 9.10. The minimum absolute atomic E-state index is 0.00356. The van der Waals surface area contributed by atoms with Crippen LogP contribution in [-0.4, -0.2) is 13.0 Å². The molecule has 1 amide bonds. The number of halogens is 1. The van der Waals surface area contributed by atoms with Crippen LogP contribution >= 0.6 is 15.9 Å². The van der Waals surface area contributed by atoms with E-state index in [0.717, 1.165) is 42.3 Å². The van der Waals surface area contributed by atoms with Crippen molar-refractivity contribution in [3.63, 3.8) is 0 Å². The van der Waals surface area contributed by atoms with Crippen molar-refractivity contribution in [3.05, 3.63) is 27.7 Å². The molecule has 0 bridgehead atoms. The number of primary amides is 1. The number of carbonyl (C=O) groups excluding carboxylic acids is 1. The van der Waals surface area contributed by atoms with Gasteiger partial charge in [0.1, 0.15) is 5.75 Å². The molecule has 1 fully saturated rings. The standard InChI is InChI=1S/C18H24BrNO2/c1-17-7-4-8-18(2,16(20)21)15(17)6-5-11-9-13(19)14(22-3)10-12(11)17/h9-10,15H,4-8H2,1-3H3,(H2,20,21). The van der Waals surface area contributed by atoms with Gasteiger partial charge in [-0.2, -0.15) is 0 Å². The summed E-state index contributed by atoms with van der Waals surface area (Å²) in [4.78, 5) is 12.2. The molecule has 0 aromatic heterocycles. The van der Waals surface area contributed by atoms with Gasteiger partial charge in [-0.3, -0.25) is 4.79 Å². The highest BCUT2D eigenvalue weighted by atomic mass is 79.9. The first-order chi connectivity index (χ1) is 10.3. The smallest absolute Gasteiger partial charge is 0.223 e. The Morgan fingerprint density at radius 2 is 2.09 bits per heavy atom. The van der Waals surface area contributed by atoms with Crippen molar-refractivity contribution in [1.29, 1.82) is 0 Å². The predicted molar refractivity (Wildman–Crippen MR) is 91.0 cm³/mol. The summed E-state index contributed by atoms with van der Waals surface area (Å²) in [5.74, 6) is 1.03. The van der Waals surface area contributed by atoms with Gasteiger partial charge in [-0.1, -0.05) is 20.3 Å². The molecule has 3 unspecified atom stereocenters. The lowest BCUT2D eigenvalue weighted by Crippen LogP contribution is -2.54. The largest absolute Gasteiger partial charge is 0.496 e. The zero-order valence-electron chi connectivity index (χ0n) is 13.5. The molecular formula is C18H24BrNO2. The summed E-state index contributed by atoms with van der Waals surface area (Å²) in [5.41, 5.74) is 8.12. The summed E-state index contributed by atoms with van der Waals surface area (Å²) in [6, 6.07) is 4.35. The van der Waals surface area contributed by atoms with Gasteiger partial charge in [-0.15, -0.1) is 0 Å². The van der Waals surface area contributed by atoms with Crippen molar-refractivity contribution in [2.45, 2.75) is 51.4 Å². The second-order valence-electron chi connectivity index (χ2n) is 7.29. The highest BCUT2D eigenvalue weighted by Gasteiger charge is 2.54. The Morgan fingerprint density at radius 3 is 2.73 bits per heavy atom. The van der Waals surface area contributed by atoms with Crippen molar-refractivity contribution >= 4 is 21.8 Å². The van der Waals surface area contributed by atoms with Crippen LogP contribution in [0.15, 0.2) is 16.6 Å². The minimum Gasteiger partial charge on any atom is -0.496 e. The van der Waals surface area contributed by atoms with Crippen molar-refractivity contribution in [2.24, 2.45) is 17.1 Å². The fraction of sp³-hybridized carbons (Fsp3) is 0.611. The lowest BCUT2D eigenvalue weighted by Gasteiger charge is -2.54. The molecule has 22 heavy (non-hydrogen) atoms. The first-order valence-corrected chi connectivity index (χ1v) is 8.79. The van der Waals surface area contributed by atoms with Crippen LogP contribution in [0.2, 0.25) is 0 Å². The minimum atomic E-state index is -0.398. The number of benzene rings is 1. The molecule has 1 aromatic carbocycles. The van der Waals surface area contributed by atoms with Gasteiger partial charge in [0, 0.05) is 5.41 Å². The summed E-state index contributed by atoms with van der Waals surface area (Å²) >= 11 is 3.59. The Labute approximate surface area is 140 Å².